The molecule has 0 saturated heterocycles. The zero-order valence-corrected chi connectivity index (χ0v) is 56.1. The van der Waals surface area contributed by atoms with Crippen LogP contribution in [-0.4, -0.2) is 67.8 Å². The minimum absolute atomic E-state index is 0. The molecule has 14 heteroatoms. The van der Waals surface area contributed by atoms with Gasteiger partial charge in [0.15, 0.2) is 16.6 Å². The molecule has 3 aromatic heterocycles. The van der Waals surface area contributed by atoms with Crippen LogP contribution in [0.2, 0.25) is 55.9 Å². The largest absolute Gasteiger partial charge is 2.00 e. The number of benzene rings is 4. The summed E-state index contributed by atoms with van der Waals surface area (Å²) in [5.41, 5.74) is 14.7. The van der Waals surface area contributed by atoms with Gasteiger partial charge in [0, 0.05) is 61.6 Å². The second-order valence-corrected chi connectivity index (χ2v) is 43.4. The molecule has 2 aliphatic rings. The van der Waals surface area contributed by atoms with Crippen molar-refractivity contribution in [1.82, 2.24) is 39.9 Å². The van der Waals surface area contributed by atoms with Gasteiger partial charge in [0.1, 0.15) is 8.07 Å². The Morgan fingerprint density at radius 2 is 0.778 bits per heavy atom. The van der Waals surface area contributed by atoms with Gasteiger partial charge in [-0.2, -0.15) is 0 Å². The molecule has 4 aromatic carbocycles. The van der Waals surface area contributed by atoms with Crippen molar-refractivity contribution in [2.75, 3.05) is 13.2 Å². The van der Waals surface area contributed by atoms with Gasteiger partial charge in [-0.25, -0.2) is 9.97 Å². The summed E-state index contributed by atoms with van der Waals surface area (Å²) in [6, 6.07) is 25.6. The molecule has 9 rings (SSSR count). The summed E-state index contributed by atoms with van der Waals surface area (Å²) in [5.74, 6) is 12.9. The fraction of sp³-hybridized carbons (Fsp3) is 0.433. The van der Waals surface area contributed by atoms with Crippen molar-refractivity contribution in [2.24, 2.45) is 0 Å². The van der Waals surface area contributed by atoms with Crippen LogP contribution in [0.25, 0.3) is 89.7 Å². The van der Waals surface area contributed by atoms with Gasteiger partial charge in [-0.15, -0.1) is 5.54 Å². The van der Waals surface area contributed by atoms with Crippen molar-refractivity contribution in [1.29, 1.82) is 0 Å². The van der Waals surface area contributed by atoms with E-state index < -0.39 is 24.7 Å². The third-order valence-corrected chi connectivity index (χ3v) is 26.2. The van der Waals surface area contributed by atoms with E-state index in [0.717, 1.165) is 71.6 Å². The second kappa shape index (κ2) is 21.4. The number of hydrogen-bond acceptors (Lipinski definition) is 8. The van der Waals surface area contributed by atoms with Crippen molar-refractivity contribution in [3.63, 3.8) is 0 Å². The Labute approximate surface area is 495 Å². The Morgan fingerprint density at radius 1 is 0.420 bits per heavy atom. The van der Waals surface area contributed by atoms with Gasteiger partial charge in [0.05, 0.1) is 36.5 Å². The summed E-state index contributed by atoms with van der Waals surface area (Å²) in [5, 5.41) is 3.49. The summed E-state index contributed by atoms with van der Waals surface area (Å²) in [6.07, 6.45) is 0. The summed E-state index contributed by atoms with van der Waals surface area (Å²) in [6.45, 7) is 50.2. The van der Waals surface area contributed by atoms with Crippen LogP contribution >= 0.6 is 0 Å². The van der Waals surface area contributed by atoms with E-state index in [-0.39, 0.29) is 43.1 Å². The number of nitrogens with zero attached hydrogens (tertiary/aromatic N) is 8. The molecule has 81 heavy (non-hydrogen) atoms. The Morgan fingerprint density at radius 3 is 1.19 bits per heavy atom. The summed E-state index contributed by atoms with van der Waals surface area (Å²) < 4.78 is 13.9. The average molecular weight is 1170 g/mol. The van der Waals surface area contributed by atoms with Crippen molar-refractivity contribution in [3.05, 3.63) is 106 Å². The van der Waals surface area contributed by atoms with Gasteiger partial charge in [-0.3, -0.25) is 0 Å². The zero-order chi connectivity index (χ0) is 58.5. The molecule has 0 N–H and O–H groups in total. The van der Waals surface area contributed by atoms with Gasteiger partial charge in [-0.05, 0) is 121 Å². The Bertz CT molecular complexity index is 3970. The smallest absolute Gasteiger partial charge is 0.412 e. The Kier molecular flexibility index (Phi) is 16.2. The fourth-order valence-electron chi connectivity index (χ4n) is 8.89. The van der Waals surface area contributed by atoms with Gasteiger partial charge in [0.2, 0.25) is 0 Å². The zero-order valence-electron chi connectivity index (χ0n) is 52.1. The first-order chi connectivity index (χ1) is 36.9. The van der Waals surface area contributed by atoms with Crippen LogP contribution in [0.4, 0.5) is 0 Å². The van der Waals surface area contributed by atoms with Gasteiger partial charge in [-0.1, -0.05) is 184 Å². The number of aromatic nitrogens is 8. The molecule has 423 valence electrons. The predicted molar refractivity (Wildman–Crippen MR) is 341 cm³/mol. The quantitative estimate of drug-likeness (QED) is 0.117. The third kappa shape index (κ3) is 12.9. The number of fused-ring (bicyclic) bond motifs is 20. The molecule has 8 bridgehead atoms. The van der Waals surface area contributed by atoms with Crippen LogP contribution in [0.5, 0.6) is 0 Å². The van der Waals surface area contributed by atoms with Crippen LogP contribution in [0.1, 0.15) is 126 Å². The van der Waals surface area contributed by atoms with Crippen LogP contribution in [0.15, 0.2) is 83.9 Å². The number of rotatable bonds is 6. The second-order valence-electron chi connectivity index (χ2n) is 29.1. The molecule has 0 spiro atoms. The maximum Gasteiger partial charge on any atom is 2.00 e. The first-order valence-electron chi connectivity index (χ1n) is 28.2. The first-order valence-corrected chi connectivity index (χ1v) is 37.5. The van der Waals surface area contributed by atoms with E-state index in [1.807, 2.05) is 6.07 Å². The van der Waals surface area contributed by atoms with Crippen molar-refractivity contribution in [2.45, 2.75) is 176 Å². The van der Waals surface area contributed by atoms with Crippen LogP contribution in [0, 0.1) is 23.3 Å². The van der Waals surface area contributed by atoms with Crippen molar-refractivity contribution < 1.29 is 25.6 Å². The number of hydrogen-bond donors (Lipinski definition) is 0. The maximum atomic E-state index is 6.98. The molecule has 0 amide bonds. The van der Waals surface area contributed by atoms with Crippen LogP contribution in [-0.2, 0) is 41.9 Å². The van der Waals surface area contributed by atoms with E-state index in [0.29, 0.717) is 59.1 Å². The fourth-order valence-corrected chi connectivity index (χ4v) is 11.3. The van der Waals surface area contributed by atoms with E-state index in [1.54, 1.807) is 0 Å². The molecule has 0 aliphatic carbocycles. The minimum Gasteiger partial charge on any atom is -0.412 e. The van der Waals surface area contributed by atoms with E-state index >= 15 is 0 Å². The molecule has 5 heterocycles. The molecular weight excluding hydrogens is 1090 g/mol. The Hall–Kier alpha value is -5.82. The topological polar surface area (TPSA) is 124 Å². The van der Waals surface area contributed by atoms with Crippen LogP contribution in [0.3, 0.4) is 0 Å². The SMILES string of the molecule is CC(C)(C)c1ccc2c(c1)-c1nc-2nc2[n-]c(nc3nc(nc4[n-]c(n1)c1ccc(C(C)(C)C)cc41)-c1ccc(C#C/C(CO[Si](C)(C)C(C)(C)C)=C(/C#C[Si](C)(C)C)CO[Si](C)(C)C(C)(C)C)cc1-3)c1ccc(C(C)(C)C)cc21.[Co+2]. The third-order valence-electron chi connectivity index (χ3n) is 16.4. The molecule has 0 atom stereocenters. The first kappa shape index (κ1) is 61.3. The maximum absolute atomic E-state index is 6.98. The summed E-state index contributed by atoms with van der Waals surface area (Å²) in [4.78, 5) is 42.4. The summed E-state index contributed by atoms with van der Waals surface area (Å²) in [7, 11) is -6.18. The molecule has 0 fully saturated rings. The van der Waals surface area contributed by atoms with E-state index in [4.69, 9.17) is 48.7 Å². The standard InChI is InChI=1S/C67H82N8O2Si3.Co/c1-63(2,3)44-26-30-48-52(36-44)61-71-56(48)69-59-51-35-41(23-25-42(39-76-79(19,20)66(10,11)12)43(33-34-78(16,17)18)40-77-80(21,22)67(13,14)15)24-29-47(51)55(68-59)70-60-53-37-45(64(4,5)6)27-31-49(53)57(72-60)74-62-54-38-46(65(7,8)9)28-32-50(54)58(73-61)75-62;/h24,26-32,35-38H,39-40H2,1-22H3;/q-2;+2/b43-42+;. The molecule has 0 unspecified atom stereocenters. The molecule has 1 radical (unpaired) electrons. The van der Waals surface area contributed by atoms with E-state index in [1.165, 1.54) is 5.56 Å². The van der Waals surface area contributed by atoms with Crippen molar-refractivity contribution >= 4 is 68.8 Å². The Balaban J connectivity index is 0.00000860. The van der Waals surface area contributed by atoms with Crippen LogP contribution < -0.4 is 9.97 Å². The molecular formula is C67H82CoN8O2Si3. The minimum atomic E-state index is -2.21. The van der Waals surface area contributed by atoms with E-state index in [9.17, 15) is 0 Å². The van der Waals surface area contributed by atoms with E-state index in [2.05, 4.69) is 240 Å². The molecule has 0 saturated carbocycles. The molecule has 2 aliphatic heterocycles. The molecule has 7 aromatic rings. The average Bonchev–Trinajstić information content (AvgIpc) is 4.25. The van der Waals surface area contributed by atoms with Crippen molar-refractivity contribution in [3.8, 4) is 68.9 Å². The summed E-state index contributed by atoms with van der Waals surface area (Å²) >= 11 is 0. The normalized spacial score (nSPS) is 13.7. The molecule has 10 nitrogen and oxygen atoms in total. The van der Waals surface area contributed by atoms with Gasteiger partial charge < -0.3 is 38.8 Å². The van der Waals surface area contributed by atoms with Gasteiger partial charge >= 0.3 is 16.8 Å². The monoisotopic (exact) mass is 1170 g/mol. The predicted octanol–water partition coefficient (Wildman–Crippen LogP) is 16.6. The van der Waals surface area contributed by atoms with Gasteiger partial charge in [0.25, 0.3) is 0 Å².